The molecule has 1 heterocycles. The number of morpholine rings is 1. The van der Waals surface area contributed by atoms with E-state index in [-0.39, 0.29) is 40.2 Å². The molecule has 0 radical (unpaired) electrons. The summed E-state index contributed by atoms with van der Waals surface area (Å²) in [5, 5.41) is 5.44. The molecule has 1 fully saturated rings. The average Bonchev–Trinajstić information content (AvgIpc) is 2.70. The molecule has 1 aliphatic rings. The Morgan fingerprint density at radius 1 is 1.07 bits per heavy atom. The minimum Gasteiger partial charge on any atom is -0.379 e. The second-order valence-corrected chi connectivity index (χ2v) is 8.72. The van der Waals surface area contributed by atoms with Crippen LogP contribution in [0.2, 0.25) is 5.02 Å². The number of carbonyl (C=O) groups is 2. The molecular formula is C19H20ClN3O5S. The van der Waals surface area contributed by atoms with Gasteiger partial charge >= 0.3 is 0 Å². The molecule has 0 saturated carbocycles. The summed E-state index contributed by atoms with van der Waals surface area (Å²) in [5.74, 6) is -0.744. The summed E-state index contributed by atoms with van der Waals surface area (Å²) in [7, 11) is -3.73. The quantitative estimate of drug-likeness (QED) is 0.748. The van der Waals surface area contributed by atoms with E-state index in [9.17, 15) is 18.0 Å². The van der Waals surface area contributed by atoms with Gasteiger partial charge in [0.25, 0.3) is 5.91 Å². The van der Waals surface area contributed by atoms with Gasteiger partial charge in [0.05, 0.1) is 28.8 Å². The van der Waals surface area contributed by atoms with Crippen LogP contribution < -0.4 is 10.6 Å². The molecule has 2 aromatic rings. The molecule has 1 saturated heterocycles. The van der Waals surface area contributed by atoms with E-state index in [4.69, 9.17) is 16.3 Å². The lowest BCUT2D eigenvalue weighted by atomic mass is 10.2. The number of ether oxygens (including phenoxy) is 1. The van der Waals surface area contributed by atoms with Gasteiger partial charge in [-0.25, -0.2) is 8.42 Å². The number of nitrogens with one attached hydrogen (secondary N) is 2. The molecule has 154 valence electrons. The van der Waals surface area contributed by atoms with E-state index in [0.29, 0.717) is 18.9 Å². The molecule has 0 spiro atoms. The summed E-state index contributed by atoms with van der Waals surface area (Å²) in [6.45, 7) is 2.57. The molecule has 0 aromatic heterocycles. The van der Waals surface area contributed by atoms with E-state index < -0.39 is 15.9 Å². The van der Waals surface area contributed by atoms with E-state index in [1.807, 2.05) is 0 Å². The second kappa shape index (κ2) is 8.91. The molecule has 0 bridgehead atoms. The molecule has 2 amide bonds. The maximum Gasteiger partial charge on any atom is 0.255 e. The summed E-state index contributed by atoms with van der Waals surface area (Å²) >= 11 is 6.16. The highest BCUT2D eigenvalue weighted by Crippen LogP contribution is 2.28. The van der Waals surface area contributed by atoms with Crippen molar-refractivity contribution in [1.29, 1.82) is 0 Å². The Hall–Kier alpha value is -2.46. The van der Waals surface area contributed by atoms with Crippen molar-refractivity contribution in [2.45, 2.75) is 11.8 Å². The van der Waals surface area contributed by atoms with Crippen molar-refractivity contribution in [3.05, 3.63) is 53.1 Å². The highest BCUT2D eigenvalue weighted by Gasteiger charge is 2.27. The van der Waals surface area contributed by atoms with Gasteiger partial charge in [0, 0.05) is 31.3 Å². The lowest BCUT2D eigenvalue weighted by molar-refractivity contribution is -0.114. The van der Waals surface area contributed by atoms with Crippen molar-refractivity contribution in [3.8, 4) is 0 Å². The maximum absolute atomic E-state index is 12.8. The number of amides is 2. The van der Waals surface area contributed by atoms with Crippen molar-refractivity contribution in [1.82, 2.24) is 4.31 Å². The van der Waals surface area contributed by atoms with Crippen molar-refractivity contribution >= 4 is 44.8 Å². The van der Waals surface area contributed by atoms with Gasteiger partial charge in [-0.3, -0.25) is 9.59 Å². The van der Waals surface area contributed by atoms with Gasteiger partial charge in [0.15, 0.2) is 0 Å². The van der Waals surface area contributed by atoms with Crippen LogP contribution in [0.4, 0.5) is 11.4 Å². The van der Waals surface area contributed by atoms with Crippen molar-refractivity contribution in [2.24, 2.45) is 0 Å². The molecule has 3 rings (SSSR count). The number of hydrogen-bond acceptors (Lipinski definition) is 5. The number of anilines is 2. The highest BCUT2D eigenvalue weighted by molar-refractivity contribution is 7.89. The Labute approximate surface area is 173 Å². The normalized spacial score (nSPS) is 15.0. The molecule has 1 aliphatic heterocycles. The predicted molar refractivity (Wildman–Crippen MR) is 110 cm³/mol. The molecule has 2 N–H and O–H groups in total. The van der Waals surface area contributed by atoms with Gasteiger partial charge in [-0.1, -0.05) is 17.7 Å². The van der Waals surface area contributed by atoms with Crippen LogP contribution in [-0.4, -0.2) is 50.8 Å². The Bertz CT molecular complexity index is 1040. The molecule has 0 unspecified atom stereocenters. The largest absolute Gasteiger partial charge is 0.379 e. The SMILES string of the molecule is CC(=O)Nc1cccc(C(=O)Nc2cc(S(=O)(=O)N3CCOCC3)ccc2Cl)c1. The summed E-state index contributed by atoms with van der Waals surface area (Å²) in [4.78, 5) is 23.8. The molecule has 10 heteroatoms. The van der Waals surface area contributed by atoms with Crippen LogP contribution in [0.5, 0.6) is 0 Å². The zero-order valence-corrected chi connectivity index (χ0v) is 17.2. The van der Waals surface area contributed by atoms with E-state index in [1.165, 1.54) is 35.5 Å². The monoisotopic (exact) mass is 437 g/mol. The fraction of sp³-hybridized carbons (Fsp3) is 0.263. The smallest absolute Gasteiger partial charge is 0.255 e. The lowest BCUT2D eigenvalue weighted by Crippen LogP contribution is -2.40. The minimum atomic E-state index is -3.73. The highest BCUT2D eigenvalue weighted by atomic mass is 35.5. The second-order valence-electron chi connectivity index (χ2n) is 6.37. The van der Waals surface area contributed by atoms with E-state index in [1.54, 1.807) is 18.2 Å². The number of benzene rings is 2. The topological polar surface area (TPSA) is 105 Å². The zero-order valence-electron chi connectivity index (χ0n) is 15.6. The van der Waals surface area contributed by atoms with Gasteiger partial charge in [-0.15, -0.1) is 0 Å². The fourth-order valence-corrected chi connectivity index (χ4v) is 4.43. The first-order valence-electron chi connectivity index (χ1n) is 8.84. The third-order valence-electron chi connectivity index (χ3n) is 4.24. The average molecular weight is 438 g/mol. The van der Waals surface area contributed by atoms with Gasteiger partial charge < -0.3 is 15.4 Å². The Morgan fingerprint density at radius 2 is 1.79 bits per heavy atom. The molecule has 0 aliphatic carbocycles. The Morgan fingerprint density at radius 3 is 2.48 bits per heavy atom. The number of hydrogen-bond donors (Lipinski definition) is 2. The molecular weight excluding hydrogens is 418 g/mol. The Balaban J connectivity index is 1.83. The molecule has 29 heavy (non-hydrogen) atoms. The van der Waals surface area contributed by atoms with Gasteiger partial charge in [0.2, 0.25) is 15.9 Å². The first kappa shape index (κ1) is 21.3. The number of nitrogens with zero attached hydrogens (tertiary/aromatic N) is 1. The summed E-state index contributed by atoms with van der Waals surface area (Å²) in [6, 6.07) is 10.5. The number of halogens is 1. The first-order chi connectivity index (χ1) is 13.8. The number of sulfonamides is 1. The van der Waals surface area contributed by atoms with E-state index in [0.717, 1.165) is 0 Å². The van der Waals surface area contributed by atoms with Crippen LogP contribution >= 0.6 is 11.6 Å². The minimum absolute atomic E-state index is 0.0334. The Kier molecular flexibility index (Phi) is 6.53. The first-order valence-corrected chi connectivity index (χ1v) is 10.7. The maximum atomic E-state index is 12.8. The standard InChI is InChI=1S/C19H20ClN3O5S/c1-13(24)21-15-4-2-3-14(11-15)19(25)22-18-12-16(5-6-17(18)20)29(26,27)23-7-9-28-10-8-23/h2-6,11-12H,7-10H2,1H3,(H,21,24)(H,22,25). The molecule has 8 nitrogen and oxygen atoms in total. The lowest BCUT2D eigenvalue weighted by Gasteiger charge is -2.26. The van der Waals surface area contributed by atoms with Crippen LogP contribution in [0.25, 0.3) is 0 Å². The van der Waals surface area contributed by atoms with Crippen molar-refractivity contribution in [2.75, 3.05) is 36.9 Å². The van der Waals surface area contributed by atoms with Crippen molar-refractivity contribution in [3.63, 3.8) is 0 Å². The molecule has 0 atom stereocenters. The van der Waals surface area contributed by atoms with Crippen LogP contribution in [0.15, 0.2) is 47.4 Å². The number of carbonyl (C=O) groups excluding carboxylic acids is 2. The number of rotatable bonds is 5. The summed E-state index contributed by atoms with van der Waals surface area (Å²) in [5.41, 5.74) is 0.935. The zero-order chi connectivity index (χ0) is 21.0. The summed E-state index contributed by atoms with van der Waals surface area (Å²) in [6.07, 6.45) is 0. The third kappa shape index (κ3) is 5.13. The van der Waals surface area contributed by atoms with Crippen molar-refractivity contribution < 1.29 is 22.7 Å². The third-order valence-corrected chi connectivity index (χ3v) is 6.46. The van der Waals surface area contributed by atoms with Crippen LogP contribution in [0, 0.1) is 0 Å². The van der Waals surface area contributed by atoms with Gasteiger partial charge in [-0.05, 0) is 36.4 Å². The van der Waals surface area contributed by atoms with Crippen LogP contribution in [0.1, 0.15) is 17.3 Å². The van der Waals surface area contributed by atoms with Crippen LogP contribution in [-0.2, 0) is 19.6 Å². The van der Waals surface area contributed by atoms with Gasteiger partial charge in [-0.2, -0.15) is 4.31 Å². The predicted octanol–water partition coefficient (Wildman–Crippen LogP) is 2.57. The van der Waals surface area contributed by atoms with Gasteiger partial charge in [0.1, 0.15) is 0 Å². The van der Waals surface area contributed by atoms with E-state index in [2.05, 4.69) is 10.6 Å². The molecule has 2 aromatic carbocycles. The summed E-state index contributed by atoms with van der Waals surface area (Å²) < 4.78 is 32.2. The van der Waals surface area contributed by atoms with Crippen LogP contribution in [0.3, 0.4) is 0 Å². The fourth-order valence-electron chi connectivity index (χ4n) is 2.83. The van der Waals surface area contributed by atoms with E-state index >= 15 is 0 Å².